The van der Waals surface area contributed by atoms with Crippen molar-refractivity contribution in [3.8, 4) is 5.75 Å². The Morgan fingerprint density at radius 2 is 1.26 bits per heavy atom. The quantitative estimate of drug-likeness (QED) is 0.0719. The Bertz CT molecular complexity index is 1440. The molecular weight excluding hydrogens is 639 g/mol. The second-order valence-electron chi connectivity index (χ2n) is 11.6. The topological polar surface area (TPSA) is 35.5 Å². The van der Waals surface area contributed by atoms with Gasteiger partial charge < -0.3 is 9.47 Å². The van der Waals surface area contributed by atoms with Crippen LogP contribution in [0.2, 0.25) is 0 Å². The number of ether oxygens (including phenoxy) is 2. The third-order valence-corrected chi connectivity index (χ3v) is 7.84. The third kappa shape index (κ3) is 10.3. The molecular formula is C35H39F9O3. The van der Waals surface area contributed by atoms with Crippen LogP contribution in [0, 0.1) is 0 Å². The van der Waals surface area contributed by atoms with Crippen molar-refractivity contribution in [1.82, 2.24) is 0 Å². The average Bonchev–Trinajstić information content (AvgIpc) is 3.02. The van der Waals surface area contributed by atoms with Gasteiger partial charge >= 0.3 is 29.9 Å². The van der Waals surface area contributed by atoms with Gasteiger partial charge in [0.05, 0.1) is 18.8 Å². The number of hydrogen-bond acceptors (Lipinski definition) is 3. The number of unbranched alkanes of at least 4 members (excludes halogenated alkanes) is 6. The fourth-order valence-electron chi connectivity index (χ4n) is 5.00. The van der Waals surface area contributed by atoms with Crippen LogP contribution >= 0.6 is 0 Å². The molecule has 0 fully saturated rings. The van der Waals surface area contributed by atoms with Gasteiger partial charge in [-0.25, -0.2) is 4.79 Å². The van der Waals surface area contributed by atoms with Crippen molar-refractivity contribution >= 4 is 16.7 Å². The van der Waals surface area contributed by atoms with E-state index in [-0.39, 0.29) is 19.0 Å². The maximum atomic E-state index is 13.7. The summed E-state index contributed by atoms with van der Waals surface area (Å²) >= 11 is 0. The third-order valence-electron chi connectivity index (χ3n) is 7.84. The number of fused-ring (bicyclic) bond motifs is 1. The highest BCUT2D eigenvalue weighted by Gasteiger charge is 2.81. The summed E-state index contributed by atoms with van der Waals surface area (Å²) < 4.78 is 128. The minimum Gasteiger partial charge on any atom is -0.494 e. The fourth-order valence-corrected chi connectivity index (χ4v) is 5.00. The minimum absolute atomic E-state index is 0.243. The van der Waals surface area contributed by atoms with Gasteiger partial charge in [-0.05, 0) is 78.3 Å². The molecule has 0 aliphatic heterocycles. The normalized spacial score (nSPS) is 12.8. The molecule has 0 atom stereocenters. The molecule has 0 bridgehead atoms. The number of rotatable bonds is 19. The zero-order chi connectivity index (χ0) is 34.7. The van der Waals surface area contributed by atoms with E-state index >= 15 is 0 Å². The van der Waals surface area contributed by atoms with E-state index in [0.717, 1.165) is 41.2 Å². The summed E-state index contributed by atoms with van der Waals surface area (Å²) in [6.45, 7) is 2.32. The van der Waals surface area contributed by atoms with Crippen molar-refractivity contribution in [2.24, 2.45) is 0 Å². The largest absolute Gasteiger partial charge is 0.494 e. The lowest BCUT2D eigenvalue weighted by Crippen LogP contribution is -2.60. The molecule has 260 valence electrons. The molecule has 12 heteroatoms. The highest BCUT2D eigenvalue weighted by Crippen LogP contribution is 2.54. The predicted molar refractivity (Wildman–Crippen MR) is 162 cm³/mol. The van der Waals surface area contributed by atoms with E-state index in [9.17, 15) is 44.3 Å². The summed E-state index contributed by atoms with van der Waals surface area (Å²) in [6, 6.07) is 18.1. The SMILES string of the molecule is CCCCCCCCOC(=O)c1cccc(CCc2ccc3cc(OCCCCC(F)(F)C(F)(F)C(F)(F)C(F)(F)F)ccc3c2)c1. The van der Waals surface area contributed by atoms with Crippen LogP contribution in [-0.2, 0) is 17.6 Å². The molecule has 0 aromatic heterocycles. The van der Waals surface area contributed by atoms with Gasteiger partial charge in [-0.2, -0.15) is 39.5 Å². The van der Waals surface area contributed by atoms with Crippen molar-refractivity contribution in [3.05, 3.63) is 77.4 Å². The number of carbonyl (C=O) groups excluding carboxylic acids is 1. The van der Waals surface area contributed by atoms with Crippen molar-refractivity contribution < 1.29 is 53.8 Å². The number of carbonyl (C=O) groups is 1. The molecule has 0 heterocycles. The van der Waals surface area contributed by atoms with E-state index in [1.165, 1.54) is 19.3 Å². The highest BCUT2D eigenvalue weighted by molar-refractivity contribution is 5.89. The summed E-state index contributed by atoms with van der Waals surface area (Å²) in [7, 11) is 0. The Morgan fingerprint density at radius 3 is 1.96 bits per heavy atom. The van der Waals surface area contributed by atoms with Gasteiger partial charge in [-0.3, -0.25) is 0 Å². The molecule has 47 heavy (non-hydrogen) atoms. The summed E-state index contributed by atoms with van der Waals surface area (Å²) in [5.41, 5.74) is 2.53. The maximum Gasteiger partial charge on any atom is 0.460 e. The minimum atomic E-state index is -6.88. The van der Waals surface area contributed by atoms with Crippen LogP contribution in [-0.4, -0.2) is 43.1 Å². The van der Waals surface area contributed by atoms with Crippen LogP contribution in [0.1, 0.15) is 86.2 Å². The molecule has 3 rings (SSSR count). The van der Waals surface area contributed by atoms with Crippen LogP contribution in [0.3, 0.4) is 0 Å². The number of halogens is 9. The van der Waals surface area contributed by atoms with E-state index in [2.05, 4.69) is 6.92 Å². The lowest BCUT2D eigenvalue weighted by atomic mass is 9.99. The zero-order valence-electron chi connectivity index (χ0n) is 26.1. The Morgan fingerprint density at radius 1 is 0.638 bits per heavy atom. The molecule has 3 nitrogen and oxygen atoms in total. The van der Waals surface area contributed by atoms with Gasteiger partial charge in [0.1, 0.15) is 5.75 Å². The maximum absolute atomic E-state index is 13.7. The molecule has 0 aliphatic rings. The average molecular weight is 679 g/mol. The van der Waals surface area contributed by atoms with E-state index in [4.69, 9.17) is 9.47 Å². The first-order valence-electron chi connectivity index (χ1n) is 15.7. The summed E-state index contributed by atoms with van der Waals surface area (Å²) in [5, 5.41) is 1.68. The molecule has 0 aliphatic carbocycles. The standard InChI is InChI=1S/C35H39F9O3/c1-2-3-4-5-6-8-21-47-31(45)29-12-10-11-25(23-29)13-14-26-15-16-28-24-30(18-17-27(28)22-26)46-20-9-7-19-32(36,37)33(38,39)34(40,41)35(42,43)44/h10-12,15-18,22-24H,2-9,13-14,19-21H2,1H3. The lowest BCUT2D eigenvalue weighted by Gasteiger charge is -2.33. The van der Waals surface area contributed by atoms with Gasteiger partial charge in [0.2, 0.25) is 0 Å². The van der Waals surface area contributed by atoms with Crippen molar-refractivity contribution in [1.29, 1.82) is 0 Å². The molecule has 0 amide bonds. The monoisotopic (exact) mass is 678 g/mol. The summed E-state index contributed by atoms with van der Waals surface area (Å²) in [6.07, 6.45) is -1.74. The zero-order valence-corrected chi connectivity index (χ0v) is 26.1. The first kappa shape index (κ1) is 38.0. The lowest BCUT2D eigenvalue weighted by molar-refractivity contribution is -0.396. The number of hydrogen-bond donors (Lipinski definition) is 0. The highest BCUT2D eigenvalue weighted by atomic mass is 19.4. The second-order valence-corrected chi connectivity index (χ2v) is 11.6. The van der Waals surface area contributed by atoms with Crippen LogP contribution in [0.25, 0.3) is 10.8 Å². The van der Waals surface area contributed by atoms with Crippen molar-refractivity contribution in [3.63, 3.8) is 0 Å². The molecule has 3 aromatic rings. The van der Waals surface area contributed by atoms with Gasteiger partial charge in [0.15, 0.2) is 0 Å². The number of esters is 1. The van der Waals surface area contributed by atoms with E-state index < -0.39 is 36.8 Å². The first-order chi connectivity index (χ1) is 22.1. The van der Waals surface area contributed by atoms with Gasteiger partial charge in [-0.1, -0.05) is 75.4 Å². The number of aryl methyl sites for hydroxylation is 2. The molecule has 0 saturated heterocycles. The van der Waals surface area contributed by atoms with E-state index in [1.807, 2.05) is 36.4 Å². The second kappa shape index (κ2) is 16.6. The van der Waals surface area contributed by atoms with E-state index in [0.29, 0.717) is 30.8 Å². The molecule has 0 unspecified atom stereocenters. The number of alkyl halides is 9. The molecule has 0 radical (unpaired) electrons. The van der Waals surface area contributed by atoms with E-state index in [1.54, 1.807) is 24.3 Å². The summed E-state index contributed by atoms with van der Waals surface area (Å²) in [4.78, 5) is 12.5. The van der Waals surface area contributed by atoms with Crippen LogP contribution in [0.4, 0.5) is 39.5 Å². The van der Waals surface area contributed by atoms with Crippen LogP contribution in [0.15, 0.2) is 60.7 Å². The molecule has 0 spiro atoms. The molecule has 3 aromatic carbocycles. The summed E-state index contributed by atoms with van der Waals surface area (Å²) in [5.74, 6) is -19.0. The Hall–Kier alpha value is -3.44. The Balaban J connectivity index is 1.46. The number of benzene rings is 3. The van der Waals surface area contributed by atoms with Crippen molar-refractivity contribution in [2.45, 2.75) is 101 Å². The predicted octanol–water partition coefficient (Wildman–Crippen LogP) is 11.2. The Kier molecular flexibility index (Phi) is 13.4. The van der Waals surface area contributed by atoms with Gasteiger partial charge in [0, 0.05) is 6.42 Å². The Labute approximate surface area is 268 Å². The molecule has 0 saturated carbocycles. The van der Waals surface area contributed by atoms with Gasteiger partial charge in [0.25, 0.3) is 0 Å². The fraction of sp³-hybridized carbons (Fsp3) is 0.514. The van der Waals surface area contributed by atoms with Crippen LogP contribution in [0.5, 0.6) is 5.75 Å². The smallest absolute Gasteiger partial charge is 0.460 e. The molecule has 0 N–H and O–H groups in total. The first-order valence-corrected chi connectivity index (χ1v) is 15.7. The van der Waals surface area contributed by atoms with Gasteiger partial charge in [-0.15, -0.1) is 0 Å². The van der Waals surface area contributed by atoms with Crippen molar-refractivity contribution in [2.75, 3.05) is 13.2 Å². The van der Waals surface area contributed by atoms with Crippen LogP contribution < -0.4 is 4.74 Å².